The SMILES string of the molecule is N/N=C1\CCCc2c1[nH]c1ccc(OCc3ccccc3)cc21. The van der Waals surface area contributed by atoms with Gasteiger partial charge in [0.2, 0.25) is 0 Å². The van der Waals surface area contributed by atoms with E-state index in [-0.39, 0.29) is 0 Å². The van der Waals surface area contributed by atoms with E-state index in [0.717, 1.165) is 41.9 Å². The third-order valence-corrected chi connectivity index (χ3v) is 4.41. The summed E-state index contributed by atoms with van der Waals surface area (Å²) in [6.07, 6.45) is 3.08. The Labute approximate surface area is 135 Å². The van der Waals surface area contributed by atoms with E-state index in [1.54, 1.807) is 0 Å². The number of aromatic nitrogens is 1. The summed E-state index contributed by atoms with van der Waals surface area (Å²) >= 11 is 0. The first-order chi connectivity index (χ1) is 11.3. The number of aryl methyl sites for hydroxylation is 1. The van der Waals surface area contributed by atoms with E-state index in [4.69, 9.17) is 10.6 Å². The van der Waals surface area contributed by atoms with Crippen LogP contribution >= 0.6 is 0 Å². The highest BCUT2D eigenvalue weighted by atomic mass is 16.5. The lowest BCUT2D eigenvalue weighted by atomic mass is 9.94. The summed E-state index contributed by atoms with van der Waals surface area (Å²) in [5.74, 6) is 6.41. The Hall–Kier alpha value is -2.75. The smallest absolute Gasteiger partial charge is 0.120 e. The van der Waals surface area contributed by atoms with E-state index in [9.17, 15) is 0 Å². The lowest BCUT2D eigenvalue weighted by molar-refractivity contribution is 0.306. The maximum absolute atomic E-state index is 5.94. The van der Waals surface area contributed by atoms with E-state index in [1.165, 1.54) is 16.5 Å². The van der Waals surface area contributed by atoms with Gasteiger partial charge in [0.1, 0.15) is 12.4 Å². The van der Waals surface area contributed by atoms with E-state index >= 15 is 0 Å². The van der Waals surface area contributed by atoms with Gasteiger partial charge in [0.05, 0.1) is 11.4 Å². The number of hydrogen-bond donors (Lipinski definition) is 2. The number of fused-ring (bicyclic) bond motifs is 3. The van der Waals surface area contributed by atoms with Gasteiger partial charge in [0.25, 0.3) is 0 Å². The van der Waals surface area contributed by atoms with Crippen molar-refractivity contribution in [3.05, 3.63) is 65.4 Å². The van der Waals surface area contributed by atoms with Crippen molar-refractivity contribution in [2.75, 3.05) is 0 Å². The van der Waals surface area contributed by atoms with Gasteiger partial charge in [-0.2, -0.15) is 5.10 Å². The molecule has 3 N–H and O–H groups in total. The van der Waals surface area contributed by atoms with Crippen LogP contribution in [0.1, 0.15) is 29.7 Å². The topological polar surface area (TPSA) is 63.4 Å². The maximum Gasteiger partial charge on any atom is 0.120 e. The largest absolute Gasteiger partial charge is 0.489 e. The molecule has 0 atom stereocenters. The summed E-state index contributed by atoms with van der Waals surface area (Å²) < 4.78 is 5.94. The van der Waals surface area contributed by atoms with Gasteiger partial charge >= 0.3 is 0 Å². The molecule has 4 rings (SSSR count). The van der Waals surface area contributed by atoms with Gasteiger partial charge < -0.3 is 15.6 Å². The molecule has 1 aromatic heterocycles. The Balaban J connectivity index is 1.65. The highest BCUT2D eigenvalue weighted by molar-refractivity contribution is 6.06. The summed E-state index contributed by atoms with van der Waals surface area (Å²) in [5, 5.41) is 5.15. The van der Waals surface area contributed by atoms with E-state index < -0.39 is 0 Å². The first kappa shape index (κ1) is 13.9. The molecule has 2 aromatic carbocycles. The molecule has 0 fully saturated rings. The number of H-pyrrole nitrogens is 1. The first-order valence-electron chi connectivity index (χ1n) is 7.93. The van der Waals surface area contributed by atoms with Crippen LogP contribution in [0.25, 0.3) is 10.9 Å². The third-order valence-electron chi connectivity index (χ3n) is 4.41. The molecule has 0 saturated carbocycles. The Morgan fingerprint density at radius 3 is 2.78 bits per heavy atom. The lowest BCUT2D eigenvalue weighted by Gasteiger charge is -2.13. The molecule has 0 bridgehead atoms. The van der Waals surface area contributed by atoms with Crippen LogP contribution in [0.4, 0.5) is 0 Å². The number of nitrogens with one attached hydrogen (secondary N) is 1. The monoisotopic (exact) mass is 305 g/mol. The first-order valence-corrected chi connectivity index (χ1v) is 7.93. The van der Waals surface area contributed by atoms with Crippen LogP contribution in [-0.4, -0.2) is 10.7 Å². The molecule has 0 aliphatic heterocycles. The Morgan fingerprint density at radius 1 is 1.09 bits per heavy atom. The fourth-order valence-corrected chi connectivity index (χ4v) is 3.25. The van der Waals surface area contributed by atoms with Gasteiger partial charge in [-0.3, -0.25) is 0 Å². The summed E-state index contributed by atoms with van der Waals surface area (Å²) in [6.45, 7) is 0.578. The number of nitrogens with two attached hydrogens (primary N) is 1. The van der Waals surface area contributed by atoms with Crippen LogP contribution in [-0.2, 0) is 13.0 Å². The van der Waals surface area contributed by atoms with Gasteiger partial charge in [-0.15, -0.1) is 0 Å². The highest BCUT2D eigenvalue weighted by Crippen LogP contribution is 2.31. The van der Waals surface area contributed by atoms with Crippen LogP contribution in [0.15, 0.2) is 53.6 Å². The average molecular weight is 305 g/mol. The summed E-state index contributed by atoms with van der Waals surface area (Å²) in [4.78, 5) is 3.45. The molecule has 23 heavy (non-hydrogen) atoms. The number of ether oxygens (including phenoxy) is 1. The number of benzene rings is 2. The zero-order valence-corrected chi connectivity index (χ0v) is 12.9. The van der Waals surface area contributed by atoms with Gasteiger partial charge in [-0.25, -0.2) is 0 Å². The summed E-state index contributed by atoms with van der Waals surface area (Å²) in [6, 6.07) is 16.4. The molecule has 4 heteroatoms. The molecule has 0 radical (unpaired) electrons. The van der Waals surface area contributed by atoms with Gasteiger partial charge in [0, 0.05) is 10.9 Å². The second kappa shape index (κ2) is 5.80. The predicted octanol–water partition coefficient (Wildman–Crippen LogP) is 3.75. The molecular weight excluding hydrogens is 286 g/mol. The normalized spacial score (nSPS) is 15.7. The minimum absolute atomic E-state index is 0.578. The predicted molar refractivity (Wildman–Crippen MR) is 92.7 cm³/mol. The van der Waals surface area contributed by atoms with Crippen LogP contribution < -0.4 is 10.6 Å². The van der Waals surface area contributed by atoms with Crippen molar-refractivity contribution in [1.82, 2.24) is 4.98 Å². The molecule has 0 spiro atoms. The van der Waals surface area contributed by atoms with Gasteiger partial charge in [-0.05, 0) is 48.6 Å². The summed E-state index contributed by atoms with van der Waals surface area (Å²) in [7, 11) is 0. The minimum Gasteiger partial charge on any atom is -0.489 e. The Morgan fingerprint density at radius 2 is 1.96 bits per heavy atom. The second-order valence-electron chi connectivity index (χ2n) is 5.89. The van der Waals surface area contributed by atoms with E-state index in [0.29, 0.717) is 6.61 Å². The van der Waals surface area contributed by atoms with Crippen LogP contribution in [0.5, 0.6) is 5.75 Å². The van der Waals surface area contributed by atoms with Crippen LogP contribution in [0.2, 0.25) is 0 Å². The molecule has 0 unspecified atom stereocenters. The standard InChI is InChI=1S/C19H19N3O/c20-22-18-8-4-7-15-16-11-14(9-10-17(16)21-19(15)18)23-12-13-5-2-1-3-6-13/h1-3,5-6,9-11,21H,4,7-8,12,20H2/b22-18+. The number of hydrazone groups is 1. The van der Waals surface area contributed by atoms with Crippen molar-refractivity contribution >= 4 is 16.6 Å². The van der Waals surface area contributed by atoms with E-state index in [1.807, 2.05) is 24.3 Å². The van der Waals surface area contributed by atoms with Crippen molar-refractivity contribution in [3.8, 4) is 5.75 Å². The van der Waals surface area contributed by atoms with E-state index in [2.05, 4.69) is 34.4 Å². The maximum atomic E-state index is 5.94. The molecule has 0 amide bonds. The zero-order valence-electron chi connectivity index (χ0n) is 12.9. The van der Waals surface area contributed by atoms with Crippen molar-refractivity contribution in [3.63, 3.8) is 0 Å². The quantitative estimate of drug-likeness (QED) is 0.572. The molecule has 116 valence electrons. The lowest BCUT2D eigenvalue weighted by Crippen LogP contribution is -2.12. The Bertz CT molecular complexity index is 865. The van der Waals surface area contributed by atoms with Crippen LogP contribution in [0, 0.1) is 0 Å². The number of aromatic amines is 1. The summed E-state index contributed by atoms with van der Waals surface area (Å²) in [5.41, 5.74) is 5.65. The fourth-order valence-electron chi connectivity index (χ4n) is 3.25. The second-order valence-corrected chi connectivity index (χ2v) is 5.89. The number of rotatable bonds is 3. The number of nitrogens with zero attached hydrogens (tertiary/aromatic N) is 1. The van der Waals surface area contributed by atoms with Crippen molar-refractivity contribution < 1.29 is 4.74 Å². The van der Waals surface area contributed by atoms with Crippen molar-refractivity contribution in [2.24, 2.45) is 10.9 Å². The number of hydrogen-bond acceptors (Lipinski definition) is 3. The zero-order chi connectivity index (χ0) is 15.6. The van der Waals surface area contributed by atoms with Gasteiger partial charge in [0.15, 0.2) is 0 Å². The minimum atomic E-state index is 0.578. The molecule has 3 aromatic rings. The average Bonchev–Trinajstić information content (AvgIpc) is 2.99. The highest BCUT2D eigenvalue weighted by Gasteiger charge is 2.20. The van der Waals surface area contributed by atoms with Crippen molar-refractivity contribution in [2.45, 2.75) is 25.9 Å². The fraction of sp³-hybridized carbons (Fsp3) is 0.211. The molecule has 1 aliphatic carbocycles. The molecule has 1 heterocycles. The molecule has 4 nitrogen and oxygen atoms in total. The van der Waals surface area contributed by atoms with Crippen molar-refractivity contribution in [1.29, 1.82) is 0 Å². The third kappa shape index (κ3) is 2.57. The van der Waals surface area contributed by atoms with Crippen LogP contribution in [0.3, 0.4) is 0 Å². The molecule has 1 aliphatic rings. The van der Waals surface area contributed by atoms with Gasteiger partial charge in [-0.1, -0.05) is 30.3 Å². The molecule has 0 saturated heterocycles. The Kier molecular flexibility index (Phi) is 3.50. The molecular formula is C19H19N3O.